The molecule has 0 aromatic carbocycles. The van der Waals surface area contributed by atoms with Gasteiger partial charge in [0, 0.05) is 0 Å². The fourth-order valence-electron chi connectivity index (χ4n) is 1.97. The quantitative estimate of drug-likeness (QED) is 0.283. The van der Waals surface area contributed by atoms with Gasteiger partial charge in [-0.15, -0.1) is 0 Å². The summed E-state index contributed by atoms with van der Waals surface area (Å²) in [4.78, 5) is 0. The average Bonchev–Trinajstić information content (AvgIpc) is 2.26. The summed E-state index contributed by atoms with van der Waals surface area (Å²) in [5.74, 6) is -3.25. The predicted octanol–water partition coefficient (Wildman–Crippen LogP) is -1.16. The van der Waals surface area contributed by atoms with E-state index in [4.69, 9.17) is 13.7 Å². The molecule has 0 saturated carbocycles. The van der Waals surface area contributed by atoms with Crippen LogP contribution >= 0.6 is 0 Å². The standard InChI is InChI=1S/C8H18O12S4/c9-21(10,11)5-1-2-8(24(18,19)20,3-6-22(12,13)14)4-7-23(15,16)17/h1-7H2,(H,9,10,11)(H,12,13,14)(H,15,16,17)(H,18,19,20). The number of hydrogen-bond donors (Lipinski definition) is 4. The Labute approximate surface area is 140 Å². The fourth-order valence-corrected chi connectivity index (χ4v) is 5.16. The Morgan fingerprint density at radius 3 is 1.12 bits per heavy atom. The van der Waals surface area contributed by atoms with Crippen LogP contribution in [-0.2, 0) is 40.5 Å². The Balaban J connectivity index is 5.67. The monoisotopic (exact) mass is 434 g/mol. The molecule has 0 spiro atoms. The molecule has 4 N–H and O–H groups in total. The minimum atomic E-state index is -5.12. The van der Waals surface area contributed by atoms with Gasteiger partial charge in [0.1, 0.15) is 0 Å². The Bertz CT molecular complexity index is 797. The van der Waals surface area contributed by atoms with E-state index in [-0.39, 0.29) is 0 Å². The second-order valence-corrected chi connectivity index (χ2v) is 11.7. The van der Waals surface area contributed by atoms with Crippen LogP contribution in [0.1, 0.15) is 25.7 Å². The summed E-state index contributed by atoms with van der Waals surface area (Å²) in [7, 11) is -19.0. The van der Waals surface area contributed by atoms with Crippen molar-refractivity contribution in [2.75, 3.05) is 17.3 Å². The highest BCUT2D eigenvalue weighted by Crippen LogP contribution is 2.32. The Kier molecular flexibility index (Phi) is 7.78. The van der Waals surface area contributed by atoms with Crippen molar-refractivity contribution in [3.05, 3.63) is 0 Å². The maximum absolute atomic E-state index is 11.6. The van der Waals surface area contributed by atoms with Crippen LogP contribution in [0.4, 0.5) is 0 Å². The number of rotatable bonds is 11. The van der Waals surface area contributed by atoms with Crippen LogP contribution in [0.3, 0.4) is 0 Å². The largest absolute Gasteiger partial charge is 0.286 e. The van der Waals surface area contributed by atoms with Crippen molar-refractivity contribution >= 4 is 40.5 Å². The minimum Gasteiger partial charge on any atom is -0.286 e. The van der Waals surface area contributed by atoms with Crippen LogP contribution < -0.4 is 0 Å². The molecule has 24 heavy (non-hydrogen) atoms. The maximum atomic E-state index is 11.6. The molecule has 0 fully saturated rings. The molecule has 12 nitrogen and oxygen atoms in total. The van der Waals surface area contributed by atoms with Gasteiger partial charge < -0.3 is 0 Å². The van der Waals surface area contributed by atoms with Crippen LogP contribution in [0.5, 0.6) is 0 Å². The first-order valence-electron chi connectivity index (χ1n) is 6.19. The molecule has 0 atom stereocenters. The molecule has 0 bridgehead atoms. The average molecular weight is 434 g/mol. The van der Waals surface area contributed by atoms with E-state index in [0.717, 1.165) is 0 Å². The van der Waals surface area contributed by atoms with Crippen LogP contribution in [0.2, 0.25) is 0 Å². The van der Waals surface area contributed by atoms with Gasteiger partial charge in [-0.3, -0.25) is 18.2 Å². The highest BCUT2D eigenvalue weighted by Gasteiger charge is 2.44. The summed E-state index contributed by atoms with van der Waals surface area (Å²) in [5.41, 5.74) is 0. The second kappa shape index (κ2) is 7.90. The van der Waals surface area contributed by atoms with Gasteiger partial charge in [0.05, 0.1) is 22.0 Å². The van der Waals surface area contributed by atoms with Gasteiger partial charge in [-0.2, -0.15) is 33.7 Å². The van der Waals surface area contributed by atoms with Crippen molar-refractivity contribution in [3.63, 3.8) is 0 Å². The topological polar surface area (TPSA) is 217 Å². The molecular weight excluding hydrogens is 416 g/mol. The third-order valence-electron chi connectivity index (χ3n) is 3.21. The van der Waals surface area contributed by atoms with Crippen LogP contribution in [0.25, 0.3) is 0 Å². The van der Waals surface area contributed by atoms with E-state index in [0.29, 0.717) is 0 Å². The molecule has 0 aliphatic carbocycles. The Hall–Kier alpha value is -0.360. The van der Waals surface area contributed by atoms with Crippen molar-refractivity contribution in [1.82, 2.24) is 0 Å². The van der Waals surface area contributed by atoms with E-state index in [1.165, 1.54) is 0 Å². The van der Waals surface area contributed by atoms with Gasteiger partial charge in [-0.1, -0.05) is 0 Å². The van der Waals surface area contributed by atoms with Crippen LogP contribution in [0.15, 0.2) is 0 Å². The first kappa shape index (κ1) is 23.6. The highest BCUT2D eigenvalue weighted by molar-refractivity contribution is 7.88. The van der Waals surface area contributed by atoms with Gasteiger partial charge in [-0.05, 0) is 25.7 Å². The third-order valence-corrected chi connectivity index (χ3v) is 7.16. The molecule has 0 aliphatic rings. The van der Waals surface area contributed by atoms with Gasteiger partial charge in [0.2, 0.25) is 0 Å². The molecule has 0 radical (unpaired) electrons. The summed E-state index contributed by atoms with van der Waals surface area (Å²) in [5, 5.41) is 0. The van der Waals surface area contributed by atoms with E-state index < -0.39 is 88.2 Å². The Morgan fingerprint density at radius 1 is 0.542 bits per heavy atom. The zero-order chi connectivity index (χ0) is 19.4. The summed E-state index contributed by atoms with van der Waals surface area (Å²) in [6, 6.07) is 0. The lowest BCUT2D eigenvalue weighted by Crippen LogP contribution is -2.42. The SMILES string of the molecule is O=S(=O)(O)CCCC(CCS(=O)(=O)O)(CCS(=O)(=O)O)S(=O)(=O)O. The van der Waals surface area contributed by atoms with Gasteiger partial charge in [0.15, 0.2) is 0 Å². The maximum Gasteiger partial charge on any atom is 0.270 e. The molecule has 0 aromatic rings. The lowest BCUT2D eigenvalue weighted by atomic mass is 9.96. The molecular formula is C8H18O12S4. The molecule has 0 unspecified atom stereocenters. The van der Waals surface area contributed by atoms with Crippen molar-refractivity contribution in [3.8, 4) is 0 Å². The van der Waals surface area contributed by atoms with Crippen molar-refractivity contribution < 1.29 is 51.9 Å². The van der Waals surface area contributed by atoms with Crippen molar-refractivity contribution in [1.29, 1.82) is 0 Å². The van der Waals surface area contributed by atoms with Gasteiger partial charge >= 0.3 is 0 Å². The fraction of sp³-hybridized carbons (Fsp3) is 1.00. The van der Waals surface area contributed by atoms with Crippen molar-refractivity contribution in [2.24, 2.45) is 0 Å². The lowest BCUT2D eigenvalue weighted by Gasteiger charge is -2.30. The minimum absolute atomic E-state index is 0.560. The zero-order valence-corrected chi connectivity index (χ0v) is 15.4. The first-order chi connectivity index (χ1) is 10.4. The van der Waals surface area contributed by atoms with Crippen LogP contribution in [-0.4, -0.2) is 73.9 Å². The number of hydrogen-bond acceptors (Lipinski definition) is 8. The zero-order valence-electron chi connectivity index (χ0n) is 12.1. The van der Waals surface area contributed by atoms with E-state index in [1.807, 2.05) is 0 Å². The second-order valence-electron chi connectivity index (χ2n) is 5.12. The summed E-state index contributed by atoms with van der Waals surface area (Å²) in [6.45, 7) is 0. The summed E-state index contributed by atoms with van der Waals surface area (Å²) in [6.07, 6.45) is -3.20. The van der Waals surface area contributed by atoms with E-state index >= 15 is 0 Å². The smallest absolute Gasteiger partial charge is 0.270 e. The van der Waals surface area contributed by atoms with E-state index in [1.54, 1.807) is 0 Å². The third kappa shape index (κ3) is 9.82. The van der Waals surface area contributed by atoms with E-state index in [2.05, 4.69) is 0 Å². The molecule has 16 heteroatoms. The van der Waals surface area contributed by atoms with Gasteiger partial charge in [0.25, 0.3) is 40.5 Å². The molecule has 0 saturated heterocycles. The Morgan fingerprint density at radius 2 is 0.875 bits per heavy atom. The lowest BCUT2D eigenvalue weighted by molar-refractivity contribution is 0.379. The molecule has 0 aromatic heterocycles. The molecule has 146 valence electrons. The van der Waals surface area contributed by atoms with Gasteiger partial charge in [-0.25, -0.2) is 0 Å². The molecule has 0 aliphatic heterocycles. The van der Waals surface area contributed by atoms with E-state index in [9.17, 15) is 38.2 Å². The predicted molar refractivity (Wildman–Crippen MR) is 82.0 cm³/mol. The summed E-state index contributed by atoms with van der Waals surface area (Å²) < 4.78 is 121. The normalized spacial score (nSPS) is 14.7. The molecule has 0 heterocycles. The molecule has 0 rings (SSSR count). The first-order valence-corrected chi connectivity index (χ1v) is 12.5. The van der Waals surface area contributed by atoms with Crippen LogP contribution in [0, 0.1) is 0 Å². The van der Waals surface area contributed by atoms with Crippen molar-refractivity contribution in [2.45, 2.75) is 30.4 Å². The molecule has 0 amide bonds. The summed E-state index contributed by atoms with van der Waals surface area (Å²) >= 11 is 0. The highest BCUT2D eigenvalue weighted by atomic mass is 32.2.